The van der Waals surface area contributed by atoms with E-state index in [0.717, 1.165) is 34.3 Å². The van der Waals surface area contributed by atoms with E-state index in [9.17, 15) is 14.4 Å². The minimum Gasteiger partial charge on any atom is -1.00 e. The molecule has 29 heavy (non-hydrogen) atoms. The van der Waals surface area contributed by atoms with Gasteiger partial charge in [0.2, 0.25) is 5.91 Å². The van der Waals surface area contributed by atoms with Gasteiger partial charge >= 0.3 is 29.0 Å². The molecular formula is C20H44BrMgNO6. The molecular weight excluding hydrogens is 454 g/mol. The number of carboxylic acids is 1. The molecule has 174 valence electrons. The molecule has 0 rings (SSSR count). The number of carboxylic acid groups (broad SMARTS) is 1. The second-order valence-electron chi connectivity index (χ2n) is 3.38. The van der Waals surface area contributed by atoms with E-state index in [-0.39, 0.29) is 47.5 Å². The van der Waals surface area contributed by atoms with Crippen molar-refractivity contribution in [3.05, 3.63) is 7.43 Å². The van der Waals surface area contributed by atoms with Crippen LogP contribution in [0.3, 0.4) is 0 Å². The predicted octanol–water partition coefficient (Wildman–Crippen LogP) is 1.17. The fraction of sp³-hybridized carbons (Fsp3) is 0.800. The third-order valence-electron chi connectivity index (χ3n) is 1.55. The van der Waals surface area contributed by atoms with Crippen molar-refractivity contribution in [2.45, 2.75) is 79.6 Å². The molecule has 7 nitrogen and oxygen atoms in total. The monoisotopic (exact) mass is 518 g/mol. The second kappa shape index (κ2) is 42.0. The Bertz CT molecular complexity index is 969. The summed E-state index contributed by atoms with van der Waals surface area (Å²) in [6.07, 6.45) is -19.5. The number of hydrogen-bond acceptors (Lipinski definition) is 5. The smallest absolute Gasteiger partial charge is 1.00 e. The first-order valence-corrected chi connectivity index (χ1v) is 6.84. The first-order valence-electron chi connectivity index (χ1n) is 17.3. The molecule has 1 N–H and O–H groups in total. The van der Waals surface area contributed by atoms with Crippen molar-refractivity contribution in [1.29, 1.82) is 0 Å². The molecule has 0 radical (unpaired) electrons. The van der Waals surface area contributed by atoms with Crippen molar-refractivity contribution >= 4 is 40.7 Å². The van der Waals surface area contributed by atoms with Crippen LogP contribution in [0.25, 0.3) is 0 Å². The largest absolute Gasteiger partial charge is 2.00 e. The predicted molar refractivity (Wildman–Crippen MR) is 117 cm³/mol. The van der Waals surface area contributed by atoms with Gasteiger partial charge in [-0.25, -0.2) is 5.06 Å². The van der Waals surface area contributed by atoms with Gasteiger partial charge < -0.3 is 39.0 Å². The third kappa shape index (κ3) is 65.6. The third-order valence-corrected chi connectivity index (χ3v) is 1.55. The molecule has 0 saturated carbocycles. The van der Waals surface area contributed by atoms with Crippen LogP contribution in [0.5, 0.6) is 0 Å². The van der Waals surface area contributed by atoms with Crippen LogP contribution in [-0.4, -0.2) is 78.3 Å². The molecule has 0 unspecified atom stereocenters. The SMILES string of the molecule is CCOCC.[2H]C([2H])([2H])C([2H])([2H])C([2H])([2H])C(=O)N(C)OC.[2H]C([2H])([2H])C([2H])([2H])C([2H])([2H])C(=O)O.[2H]C([2H])([2H])C([2H])([2H])C([2H])([2H])C(C)=O.[Br-].[CH3-].[Mg+2]. The number of Topliss-reactive ketones (excluding diaryl/α,β-unsaturated/α-hetero) is 1. The summed E-state index contributed by atoms with van der Waals surface area (Å²) in [4.78, 5) is 36.8. The van der Waals surface area contributed by atoms with Gasteiger partial charge in [0.25, 0.3) is 0 Å². The standard InChI is InChI=1S/C6H13NO2.C5H10O.C4H8O2.C4H10O.CH3.BrH.Mg/c1-4-5-6(8)7(2)9-3;1-3-4-5(2)6;1-2-3-4(5)6;1-3-5-4-2;;;/h4-5H2,1-3H3;3-4H2,1-2H3;2-3H2,1H3,(H,5,6);3-4H2,1-2H3;1H3;1H;/q;;;;-1;;+2/p-1/i1D3,4D2,5D2;1D3,3D2,4D2;1D3,2D2,3D2;;;;. The van der Waals surface area contributed by atoms with Gasteiger partial charge in [0.1, 0.15) is 5.78 Å². The Kier molecular flexibility index (Phi) is 17.6. The zero-order valence-corrected chi connectivity index (χ0v) is 20.4. The zero-order chi connectivity index (χ0) is 39.6. The molecule has 0 aromatic heterocycles. The number of ketones is 1. The Morgan fingerprint density at radius 3 is 1.62 bits per heavy atom. The van der Waals surface area contributed by atoms with Crippen LogP contribution >= 0.6 is 0 Å². The van der Waals surface area contributed by atoms with E-state index in [0.29, 0.717) is 5.06 Å². The van der Waals surface area contributed by atoms with Crippen LogP contribution in [0.4, 0.5) is 0 Å². The molecule has 0 aromatic rings. The number of hydroxylamine groups is 2. The van der Waals surface area contributed by atoms with Crippen LogP contribution in [-0.2, 0) is 24.0 Å². The first kappa shape index (κ1) is 12.1. The number of halogens is 1. The van der Waals surface area contributed by atoms with Crippen LogP contribution < -0.4 is 17.0 Å². The van der Waals surface area contributed by atoms with Crippen LogP contribution in [0.15, 0.2) is 0 Å². The number of aliphatic carboxylic acids is 1. The fourth-order valence-electron chi connectivity index (χ4n) is 0.561. The van der Waals surface area contributed by atoms with Crippen molar-refractivity contribution in [2.75, 3.05) is 27.4 Å². The molecule has 0 aliphatic heterocycles. The number of ether oxygens (including phenoxy) is 1. The van der Waals surface area contributed by atoms with Crippen molar-refractivity contribution in [3.8, 4) is 0 Å². The Hall–Kier alpha value is -0.224. The summed E-state index contributed by atoms with van der Waals surface area (Å²) in [5, 5.41) is 8.72. The molecule has 0 bridgehead atoms. The summed E-state index contributed by atoms with van der Waals surface area (Å²) in [6, 6.07) is 0. The number of rotatable bonds is 9. The summed E-state index contributed by atoms with van der Waals surface area (Å²) in [5.74, 6) is -4.65. The minimum absolute atomic E-state index is 0. The average Bonchev–Trinajstić information content (AvgIpc) is 2.86. The van der Waals surface area contributed by atoms with Gasteiger partial charge in [-0.3, -0.25) is 14.4 Å². The molecule has 1 amide bonds. The van der Waals surface area contributed by atoms with E-state index in [2.05, 4.69) is 4.84 Å². The van der Waals surface area contributed by atoms with E-state index in [1.54, 1.807) is 0 Å². The molecule has 0 spiro atoms. The summed E-state index contributed by atoms with van der Waals surface area (Å²) in [7, 11) is 2.15. The first-order chi connectivity index (χ1) is 20.2. The van der Waals surface area contributed by atoms with Gasteiger partial charge in [0.05, 0.1) is 7.11 Å². The van der Waals surface area contributed by atoms with Gasteiger partial charge in [-0.05, 0) is 39.9 Å². The summed E-state index contributed by atoms with van der Waals surface area (Å²) >= 11 is 0. The maximum absolute atomic E-state index is 11.4. The Morgan fingerprint density at radius 2 is 1.41 bits per heavy atom. The molecule has 0 fully saturated rings. The Labute approximate surface area is 235 Å². The molecule has 0 saturated heterocycles. The Balaban J connectivity index is -0.000000101. The molecule has 9 heteroatoms. The van der Waals surface area contributed by atoms with Crippen molar-refractivity contribution in [2.24, 2.45) is 0 Å². The van der Waals surface area contributed by atoms with E-state index in [4.69, 9.17) is 38.6 Å². The van der Waals surface area contributed by atoms with E-state index in [1.807, 2.05) is 13.8 Å². The maximum Gasteiger partial charge on any atom is 2.00 e. The number of amides is 1. The fourth-order valence-corrected chi connectivity index (χ4v) is 0.561. The summed E-state index contributed by atoms with van der Waals surface area (Å²) < 4.78 is 150. The van der Waals surface area contributed by atoms with Crippen LogP contribution in [0, 0.1) is 7.43 Å². The van der Waals surface area contributed by atoms with Crippen molar-refractivity contribution in [3.63, 3.8) is 0 Å². The van der Waals surface area contributed by atoms with Gasteiger partial charge in [0, 0.05) is 68.2 Å². The molecule has 0 aromatic carbocycles. The number of nitrogens with zero attached hydrogens (tertiary/aromatic N) is 1. The van der Waals surface area contributed by atoms with Crippen LogP contribution in [0.2, 0.25) is 0 Å². The van der Waals surface area contributed by atoms with Gasteiger partial charge in [0.15, 0.2) is 0 Å². The number of carbonyl (C=O) groups excluding carboxylic acids is 2. The maximum atomic E-state index is 11.4. The molecule has 0 heterocycles. The number of carbonyl (C=O) groups is 3. The van der Waals surface area contributed by atoms with E-state index < -0.39 is 76.5 Å². The zero-order valence-electron chi connectivity index (χ0n) is 38.4. The van der Waals surface area contributed by atoms with E-state index >= 15 is 0 Å². The van der Waals surface area contributed by atoms with Gasteiger partial charge in [-0.15, -0.1) is 0 Å². The van der Waals surface area contributed by atoms with Crippen molar-refractivity contribution < 1.29 is 74.8 Å². The molecule has 0 aliphatic rings. The molecule has 0 aliphatic carbocycles. The quantitative estimate of drug-likeness (QED) is 0.279. The van der Waals surface area contributed by atoms with Gasteiger partial charge in [-0.1, -0.05) is 20.6 Å². The Morgan fingerprint density at radius 1 is 1.00 bits per heavy atom. The number of hydrogen-bond donors (Lipinski definition) is 1. The van der Waals surface area contributed by atoms with E-state index in [1.165, 1.54) is 0 Å². The summed E-state index contributed by atoms with van der Waals surface area (Å²) in [5.41, 5.74) is 0. The molecule has 0 atom stereocenters. The normalized spacial score (nSPS) is 22.7. The second-order valence-corrected chi connectivity index (χ2v) is 3.38. The topological polar surface area (TPSA) is 93.1 Å². The average molecular weight is 520 g/mol. The van der Waals surface area contributed by atoms with Crippen molar-refractivity contribution in [1.82, 2.24) is 5.06 Å². The minimum atomic E-state index is -3.43. The summed E-state index contributed by atoms with van der Waals surface area (Å²) in [6.45, 7) is -3.22. The van der Waals surface area contributed by atoms with Crippen LogP contribution in [0.1, 0.15) is 108 Å². The van der Waals surface area contributed by atoms with Gasteiger partial charge in [-0.2, -0.15) is 0 Å².